The molecule has 3 N–H and O–H groups in total. The number of hydrogen-bond acceptors (Lipinski definition) is 5. The van der Waals surface area contributed by atoms with Gasteiger partial charge in [0.1, 0.15) is 11.3 Å². The van der Waals surface area contributed by atoms with Gasteiger partial charge in [-0.05, 0) is 30.7 Å². The van der Waals surface area contributed by atoms with Crippen LogP contribution in [0.4, 0.5) is 11.5 Å². The van der Waals surface area contributed by atoms with Crippen LogP contribution < -0.4 is 11.1 Å². The first kappa shape index (κ1) is 13.0. The average molecular weight is 279 g/mol. The Bertz CT molecular complexity index is 826. The summed E-state index contributed by atoms with van der Waals surface area (Å²) in [5.74, 6) is 0.172. The quantitative estimate of drug-likeness (QED) is 0.749. The maximum Gasteiger partial charge on any atom is 0.259 e. The number of nitrogens with two attached hydrogens (primary N) is 1. The summed E-state index contributed by atoms with van der Waals surface area (Å²) < 4.78 is 0. The molecule has 2 heterocycles. The fraction of sp³-hybridized carbons (Fsp3) is 0.0667. The molecule has 0 saturated carbocycles. The number of anilines is 2. The molecule has 3 rings (SSSR count). The summed E-state index contributed by atoms with van der Waals surface area (Å²) in [4.78, 5) is 24.9. The van der Waals surface area contributed by atoms with Crippen molar-refractivity contribution in [2.45, 2.75) is 6.92 Å². The second kappa shape index (κ2) is 5.16. The molecular formula is C15H13N5O. The van der Waals surface area contributed by atoms with E-state index in [0.717, 1.165) is 5.56 Å². The van der Waals surface area contributed by atoms with Crippen LogP contribution in [0.3, 0.4) is 0 Å². The summed E-state index contributed by atoms with van der Waals surface area (Å²) in [5, 5.41) is 2.75. The predicted octanol–water partition coefficient (Wildman–Crippen LogP) is 2.17. The van der Waals surface area contributed by atoms with E-state index < -0.39 is 0 Å². The van der Waals surface area contributed by atoms with Gasteiger partial charge in [0.15, 0.2) is 0 Å². The molecule has 0 unspecified atom stereocenters. The van der Waals surface area contributed by atoms with Gasteiger partial charge >= 0.3 is 0 Å². The maximum absolute atomic E-state index is 12.4. The van der Waals surface area contributed by atoms with Crippen molar-refractivity contribution < 1.29 is 4.79 Å². The largest absolute Gasteiger partial charge is 0.397 e. The molecule has 1 amide bonds. The molecule has 0 fully saturated rings. The van der Waals surface area contributed by atoms with Crippen LogP contribution in [0, 0.1) is 6.92 Å². The minimum atomic E-state index is -0.280. The Kier molecular flexibility index (Phi) is 3.19. The third-order valence-corrected chi connectivity index (χ3v) is 3.14. The molecule has 0 aliphatic heterocycles. The zero-order valence-electron chi connectivity index (χ0n) is 11.4. The zero-order valence-corrected chi connectivity index (χ0v) is 11.4. The number of nitrogens with zero attached hydrogens (tertiary/aromatic N) is 3. The zero-order chi connectivity index (χ0) is 14.8. The highest BCUT2D eigenvalue weighted by Gasteiger charge is 2.12. The maximum atomic E-state index is 12.4. The summed E-state index contributed by atoms with van der Waals surface area (Å²) in [6.07, 6.45) is 4.67. The van der Waals surface area contributed by atoms with Gasteiger partial charge in [-0.1, -0.05) is 6.07 Å². The molecule has 6 heteroatoms. The summed E-state index contributed by atoms with van der Waals surface area (Å²) in [5.41, 5.74) is 8.85. The van der Waals surface area contributed by atoms with Gasteiger partial charge in [-0.15, -0.1) is 0 Å². The topological polar surface area (TPSA) is 93.8 Å². The van der Waals surface area contributed by atoms with Gasteiger partial charge < -0.3 is 11.1 Å². The van der Waals surface area contributed by atoms with Gasteiger partial charge in [-0.25, -0.2) is 4.98 Å². The Labute approximate surface area is 121 Å². The van der Waals surface area contributed by atoms with E-state index in [1.54, 1.807) is 30.6 Å². The highest BCUT2D eigenvalue weighted by Crippen LogP contribution is 2.17. The molecule has 0 bridgehead atoms. The van der Waals surface area contributed by atoms with Crippen molar-refractivity contribution in [2.24, 2.45) is 0 Å². The Balaban J connectivity index is 1.95. The van der Waals surface area contributed by atoms with Crippen molar-refractivity contribution in [3.8, 4) is 0 Å². The number of rotatable bonds is 2. The third-order valence-electron chi connectivity index (χ3n) is 3.14. The number of pyridine rings is 1. The number of hydrogen-bond donors (Lipinski definition) is 2. The van der Waals surface area contributed by atoms with Crippen molar-refractivity contribution in [2.75, 3.05) is 11.1 Å². The van der Waals surface area contributed by atoms with Crippen LogP contribution >= 0.6 is 0 Å². The van der Waals surface area contributed by atoms with Gasteiger partial charge in [0.25, 0.3) is 5.91 Å². The molecule has 0 aliphatic carbocycles. The number of fused-ring (bicyclic) bond motifs is 1. The van der Waals surface area contributed by atoms with E-state index >= 15 is 0 Å². The smallest absolute Gasteiger partial charge is 0.259 e. The van der Waals surface area contributed by atoms with E-state index in [2.05, 4.69) is 20.3 Å². The molecular weight excluding hydrogens is 266 g/mol. The van der Waals surface area contributed by atoms with Crippen LogP contribution in [0.5, 0.6) is 0 Å². The molecule has 0 spiro atoms. The molecule has 21 heavy (non-hydrogen) atoms. The van der Waals surface area contributed by atoms with Crippen molar-refractivity contribution in [3.63, 3.8) is 0 Å². The van der Waals surface area contributed by atoms with Crippen LogP contribution in [0.25, 0.3) is 11.0 Å². The van der Waals surface area contributed by atoms with Crippen molar-refractivity contribution in [3.05, 3.63) is 54.0 Å². The van der Waals surface area contributed by atoms with Gasteiger partial charge in [0.2, 0.25) is 0 Å². The molecule has 0 atom stereocenters. The molecule has 3 aromatic rings. The van der Waals surface area contributed by atoms with Gasteiger partial charge in [-0.3, -0.25) is 14.8 Å². The molecule has 1 aromatic carbocycles. The minimum Gasteiger partial charge on any atom is -0.397 e. The number of benzene rings is 1. The van der Waals surface area contributed by atoms with Crippen molar-refractivity contribution >= 4 is 28.4 Å². The first-order chi connectivity index (χ1) is 10.1. The molecule has 0 radical (unpaired) electrons. The number of carbonyl (C=O) groups excluding carboxylic acids is 1. The lowest BCUT2D eigenvalue weighted by atomic mass is 10.1. The number of para-hydroxylation sites is 1. The predicted molar refractivity (Wildman–Crippen MR) is 80.9 cm³/mol. The number of carbonyl (C=O) groups is 1. The van der Waals surface area contributed by atoms with E-state index in [1.807, 2.05) is 13.0 Å². The fourth-order valence-electron chi connectivity index (χ4n) is 1.99. The first-order valence-electron chi connectivity index (χ1n) is 6.38. The van der Waals surface area contributed by atoms with Crippen LogP contribution in [-0.2, 0) is 0 Å². The molecule has 6 nitrogen and oxygen atoms in total. The first-order valence-corrected chi connectivity index (χ1v) is 6.38. The van der Waals surface area contributed by atoms with Crippen molar-refractivity contribution in [1.29, 1.82) is 0 Å². The minimum absolute atomic E-state index is 0.280. The van der Waals surface area contributed by atoms with E-state index in [1.165, 1.54) is 6.20 Å². The summed E-state index contributed by atoms with van der Waals surface area (Å²) >= 11 is 0. The lowest BCUT2D eigenvalue weighted by Crippen LogP contribution is -2.14. The van der Waals surface area contributed by atoms with Gasteiger partial charge in [0, 0.05) is 12.4 Å². The number of aromatic nitrogens is 3. The second-order valence-corrected chi connectivity index (χ2v) is 4.61. The summed E-state index contributed by atoms with van der Waals surface area (Å²) in [7, 11) is 0. The fourth-order valence-corrected chi connectivity index (χ4v) is 1.99. The monoisotopic (exact) mass is 279 g/mol. The van der Waals surface area contributed by atoms with Crippen molar-refractivity contribution in [1.82, 2.24) is 15.0 Å². The summed E-state index contributed by atoms with van der Waals surface area (Å²) in [6, 6.07) is 7.01. The van der Waals surface area contributed by atoms with Crippen LogP contribution in [0.1, 0.15) is 15.9 Å². The van der Waals surface area contributed by atoms with E-state index in [0.29, 0.717) is 28.1 Å². The van der Waals surface area contributed by atoms with Crippen LogP contribution in [0.2, 0.25) is 0 Å². The number of amides is 1. The standard InChI is InChI=1S/C15H13N5O/c1-9-7-13(19-8-11(9)16)20-15(21)10-3-2-4-12-14(10)18-6-5-17-12/h2-8H,16H2,1H3,(H,19,20,21). The molecule has 0 aliphatic rings. The molecule has 2 aromatic heterocycles. The summed E-state index contributed by atoms with van der Waals surface area (Å²) in [6.45, 7) is 1.86. The lowest BCUT2D eigenvalue weighted by molar-refractivity contribution is 0.102. The Morgan fingerprint density at radius 3 is 2.81 bits per heavy atom. The van der Waals surface area contributed by atoms with Gasteiger partial charge in [-0.2, -0.15) is 0 Å². The van der Waals surface area contributed by atoms with E-state index in [9.17, 15) is 4.79 Å². The Hall–Kier alpha value is -3.02. The van der Waals surface area contributed by atoms with Crippen LogP contribution in [-0.4, -0.2) is 20.9 Å². The molecule has 0 saturated heterocycles. The normalized spacial score (nSPS) is 10.5. The third kappa shape index (κ3) is 2.51. The SMILES string of the molecule is Cc1cc(NC(=O)c2cccc3nccnc23)ncc1N. The number of nitrogens with one attached hydrogen (secondary N) is 1. The highest BCUT2D eigenvalue weighted by molar-refractivity contribution is 6.11. The van der Waals surface area contributed by atoms with E-state index in [-0.39, 0.29) is 5.91 Å². The van der Waals surface area contributed by atoms with Gasteiger partial charge in [0.05, 0.1) is 23.0 Å². The Morgan fingerprint density at radius 2 is 2.00 bits per heavy atom. The molecule has 104 valence electrons. The average Bonchev–Trinajstić information content (AvgIpc) is 2.50. The number of aryl methyl sites for hydroxylation is 1. The Morgan fingerprint density at radius 1 is 1.19 bits per heavy atom. The van der Waals surface area contributed by atoms with Crippen LogP contribution in [0.15, 0.2) is 42.9 Å². The second-order valence-electron chi connectivity index (χ2n) is 4.61. The highest BCUT2D eigenvalue weighted by atomic mass is 16.1. The lowest BCUT2D eigenvalue weighted by Gasteiger charge is -2.08. The van der Waals surface area contributed by atoms with E-state index in [4.69, 9.17) is 5.73 Å². The number of nitrogen functional groups attached to an aromatic ring is 1.